The summed E-state index contributed by atoms with van der Waals surface area (Å²) in [4.78, 5) is 4.38. The molecule has 1 aromatic carbocycles. The molecule has 0 aliphatic heterocycles. The van der Waals surface area contributed by atoms with Gasteiger partial charge in [0.15, 0.2) is 5.82 Å². The van der Waals surface area contributed by atoms with Gasteiger partial charge in [-0.05, 0) is 28.1 Å². The third-order valence-corrected chi connectivity index (χ3v) is 3.07. The molecule has 0 radical (unpaired) electrons. The minimum absolute atomic E-state index is 0.136. The maximum absolute atomic E-state index is 5.96. The average molecular weight is 296 g/mol. The molecule has 2 N–H and O–H groups in total. The van der Waals surface area contributed by atoms with Crippen molar-refractivity contribution < 1.29 is 4.52 Å². The van der Waals surface area contributed by atoms with E-state index in [1.54, 1.807) is 0 Å². The summed E-state index contributed by atoms with van der Waals surface area (Å²) in [7, 11) is 0. The summed E-state index contributed by atoms with van der Waals surface area (Å²) in [6, 6.07) is 5.62. The van der Waals surface area contributed by atoms with Crippen molar-refractivity contribution in [2.45, 2.75) is 26.2 Å². The third kappa shape index (κ3) is 2.34. The molecule has 17 heavy (non-hydrogen) atoms. The molecule has 0 saturated heterocycles. The topological polar surface area (TPSA) is 64.9 Å². The molecule has 0 saturated carbocycles. The zero-order valence-corrected chi connectivity index (χ0v) is 11.6. The molecule has 0 aliphatic rings. The smallest absolute Gasteiger partial charge is 0.260 e. The van der Waals surface area contributed by atoms with Crippen molar-refractivity contribution in [2.75, 3.05) is 5.73 Å². The number of halogens is 1. The molecule has 1 aromatic heterocycles. The lowest BCUT2D eigenvalue weighted by atomic mass is 9.96. The fourth-order valence-corrected chi connectivity index (χ4v) is 1.73. The van der Waals surface area contributed by atoms with Gasteiger partial charge in [0.1, 0.15) is 0 Å². The Morgan fingerprint density at radius 2 is 2.00 bits per heavy atom. The Balaban J connectivity index is 2.48. The molecular formula is C12H14BrN3O. The van der Waals surface area contributed by atoms with Crippen molar-refractivity contribution >= 4 is 21.6 Å². The quantitative estimate of drug-likeness (QED) is 0.819. The summed E-state index contributed by atoms with van der Waals surface area (Å²) in [6.07, 6.45) is 0. The molecule has 90 valence electrons. The first-order valence-corrected chi connectivity index (χ1v) is 6.07. The van der Waals surface area contributed by atoms with Gasteiger partial charge in [-0.15, -0.1) is 0 Å². The zero-order valence-electron chi connectivity index (χ0n) is 9.99. The van der Waals surface area contributed by atoms with Crippen LogP contribution in [0.4, 0.5) is 5.69 Å². The highest BCUT2D eigenvalue weighted by atomic mass is 79.9. The van der Waals surface area contributed by atoms with Crippen molar-refractivity contribution in [3.8, 4) is 11.5 Å². The van der Waals surface area contributed by atoms with Crippen molar-refractivity contribution in [1.29, 1.82) is 0 Å². The minimum atomic E-state index is -0.136. The number of rotatable bonds is 1. The molecule has 0 atom stereocenters. The van der Waals surface area contributed by atoms with Gasteiger partial charge in [0.2, 0.25) is 0 Å². The Kier molecular flexibility index (Phi) is 2.95. The molecule has 0 amide bonds. The number of para-hydroxylation sites is 1. The largest absolute Gasteiger partial charge is 0.397 e. The van der Waals surface area contributed by atoms with E-state index in [0.29, 0.717) is 17.4 Å². The molecule has 0 spiro atoms. The van der Waals surface area contributed by atoms with Gasteiger partial charge in [-0.2, -0.15) is 4.98 Å². The minimum Gasteiger partial charge on any atom is -0.397 e. The number of anilines is 1. The molecule has 2 rings (SSSR count). The molecule has 1 heterocycles. The molecule has 4 nitrogen and oxygen atoms in total. The first-order valence-electron chi connectivity index (χ1n) is 5.28. The van der Waals surface area contributed by atoms with Crippen LogP contribution in [-0.2, 0) is 5.41 Å². The van der Waals surface area contributed by atoms with Gasteiger partial charge in [-0.25, -0.2) is 0 Å². The molecule has 2 aromatic rings. The Bertz CT molecular complexity index is 543. The zero-order chi connectivity index (χ0) is 12.6. The van der Waals surface area contributed by atoms with Gasteiger partial charge in [0.05, 0.1) is 11.3 Å². The van der Waals surface area contributed by atoms with Gasteiger partial charge in [0.25, 0.3) is 5.89 Å². The van der Waals surface area contributed by atoms with Crippen LogP contribution < -0.4 is 5.73 Å². The summed E-state index contributed by atoms with van der Waals surface area (Å²) in [5.74, 6) is 1.13. The maximum Gasteiger partial charge on any atom is 0.260 e. The lowest BCUT2D eigenvalue weighted by molar-refractivity contribution is 0.402. The normalized spacial score (nSPS) is 11.8. The molecule has 0 fully saturated rings. The summed E-state index contributed by atoms with van der Waals surface area (Å²) >= 11 is 3.37. The van der Waals surface area contributed by atoms with Gasteiger partial charge in [-0.1, -0.05) is 32.0 Å². The predicted molar refractivity (Wildman–Crippen MR) is 70.5 cm³/mol. The Morgan fingerprint density at radius 3 is 2.59 bits per heavy atom. The van der Waals surface area contributed by atoms with Gasteiger partial charge >= 0.3 is 0 Å². The lowest BCUT2D eigenvalue weighted by Gasteiger charge is -2.10. The number of nitrogens with zero attached hydrogens (tertiary/aromatic N) is 2. The number of hydrogen-bond donors (Lipinski definition) is 1. The number of benzene rings is 1. The summed E-state index contributed by atoms with van der Waals surface area (Å²) in [5, 5.41) is 3.98. The summed E-state index contributed by atoms with van der Waals surface area (Å²) in [6.45, 7) is 6.10. The van der Waals surface area contributed by atoms with Crippen LogP contribution in [-0.4, -0.2) is 10.1 Å². The van der Waals surface area contributed by atoms with Crippen molar-refractivity contribution in [2.24, 2.45) is 0 Å². The van der Waals surface area contributed by atoms with Crippen LogP contribution in [0.15, 0.2) is 27.2 Å². The second-order valence-electron chi connectivity index (χ2n) is 4.87. The van der Waals surface area contributed by atoms with E-state index in [1.165, 1.54) is 0 Å². The standard InChI is InChI=1S/C12H14BrN3O/c1-12(2,3)11-15-10(17-16-11)7-5-4-6-8(13)9(7)14/h4-6H,14H2,1-3H3. The van der Waals surface area contributed by atoms with Crippen LogP contribution in [0.25, 0.3) is 11.5 Å². The highest BCUT2D eigenvalue weighted by Crippen LogP contribution is 2.31. The SMILES string of the molecule is CC(C)(C)c1noc(-c2cccc(Br)c2N)n1. The van der Waals surface area contributed by atoms with E-state index in [2.05, 4.69) is 26.1 Å². The Labute approximate surface area is 108 Å². The highest BCUT2D eigenvalue weighted by molar-refractivity contribution is 9.10. The molecular weight excluding hydrogens is 282 g/mol. The molecule has 5 heteroatoms. The number of nitrogen functional groups attached to an aromatic ring is 1. The van der Waals surface area contributed by atoms with Crippen LogP contribution in [0, 0.1) is 0 Å². The molecule has 0 unspecified atom stereocenters. The monoisotopic (exact) mass is 295 g/mol. The van der Waals surface area contributed by atoms with Crippen LogP contribution in [0.5, 0.6) is 0 Å². The van der Waals surface area contributed by atoms with Gasteiger partial charge in [0, 0.05) is 9.89 Å². The first kappa shape index (κ1) is 12.1. The predicted octanol–water partition coefficient (Wildman–Crippen LogP) is 3.38. The van der Waals surface area contributed by atoms with E-state index in [-0.39, 0.29) is 5.41 Å². The van der Waals surface area contributed by atoms with Gasteiger partial charge in [-0.3, -0.25) is 0 Å². The first-order chi connectivity index (χ1) is 7.89. The Morgan fingerprint density at radius 1 is 1.29 bits per heavy atom. The lowest BCUT2D eigenvalue weighted by Crippen LogP contribution is -2.13. The average Bonchev–Trinajstić information content (AvgIpc) is 2.70. The van der Waals surface area contributed by atoms with E-state index in [4.69, 9.17) is 10.3 Å². The Hall–Kier alpha value is -1.36. The fourth-order valence-electron chi connectivity index (χ4n) is 1.36. The van der Waals surface area contributed by atoms with Crippen LogP contribution >= 0.6 is 15.9 Å². The summed E-state index contributed by atoms with van der Waals surface area (Å²) in [5.41, 5.74) is 7.18. The number of aromatic nitrogens is 2. The van der Waals surface area contributed by atoms with E-state index in [9.17, 15) is 0 Å². The number of hydrogen-bond acceptors (Lipinski definition) is 4. The van der Waals surface area contributed by atoms with E-state index < -0.39 is 0 Å². The van der Waals surface area contributed by atoms with Crippen LogP contribution in [0.2, 0.25) is 0 Å². The summed E-state index contributed by atoms with van der Waals surface area (Å²) < 4.78 is 6.08. The van der Waals surface area contributed by atoms with Crippen LogP contribution in [0.1, 0.15) is 26.6 Å². The van der Waals surface area contributed by atoms with E-state index in [1.807, 2.05) is 39.0 Å². The third-order valence-electron chi connectivity index (χ3n) is 2.38. The molecule has 0 aliphatic carbocycles. The van der Waals surface area contributed by atoms with E-state index in [0.717, 1.165) is 10.0 Å². The van der Waals surface area contributed by atoms with E-state index >= 15 is 0 Å². The number of nitrogens with two attached hydrogens (primary N) is 1. The van der Waals surface area contributed by atoms with Crippen molar-refractivity contribution in [3.05, 3.63) is 28.5 Å². The van der Waals surface area contributed by atoms with Gasteiger partial charge < -0.3 is 10.3 Å². The highest BCUT2D eigenvalue weighted by Gasteiger charge is 2.22. The fraction of sp³-hybridized carbons (Fsp3) is 0.333. The second kappa shape index (κ2) is 4.14. The second-order valence-corrected chi connectivity index (χ2v) is 5.73. The maximum atomic E-state index is 5.96. The van der Waals surface area contributed by atoms with Crippen LogP contribution in [0.3, 0.4) is 0 Å². The molecule has 0 bridgehead atoms. The van der Waals surface area contributed by atoms with Crippen molar-refractivity contribution in [3.63, 3.8) is 0 Å². The van der Waals surface area contributed by atoms with Crippen molar-refractivity contribution in [1.82, 2.24) is 10.1 Å².